The molecule has 110 valence electrons. The van der Waals surface area contributed by atoms with Crippen molar-refractivity contribution in [2.24, 2.45) is 0 Å². The number of carbonyl (C=O) groups is 1. The number of amides is 1. The molecule has 0 radical (unpaired) electrons. The molecule has 2 rings (SSSR count). The lowest BCUT2D eigenvalue weighted by atomic mass is 10.1. The third kappa shape index (κ3) is 4.24. The third-order valence-electron chi connectivity index (χ3n) is 3.18. The summed E-state index contributed by atoms with van der Waals surface area (Å²) < 4.78 is 5.14. The van der Waals surface area contributed by atoms with Crippen LogP contribution in [0.2, 0.25) is 0 Å². The van der Waals surface area contributed by atoms with E-state index in [2.05, 4.69) is 17.6 Å². The predicted molar refractivity (Wildman–Crippen MR) is 85.8 cm³/mol. The molecule has 0 aliphatic rings. The van der Waals surface area contributed by atoms with Crippen LogP contribution in [-0.4, -0.2) is 13.0 Å². The van der Waals surface area contributed by atoms with Crippen molar-refractivity contribution in [3.05, 3.63) is 54.1 Å². The standard InChI is InChI=1S/C17H20N2O2/c1-12(18-15-7-9-17(21-3)10-8-15)14-5-4-6-16(11-14)19-13(2)20/h4-12,18H,1-3H3,(H,19,20). The molecule has 1 atom stereocenters. The molecule has 0 saturated heterocycles. The summed E-state index contributed by atoms with van der Waals surface area (Å²) in [6, 6.07) is 15.8. The summed E-state index contributed by atoms with van der Waals surface area (Å²) in [5, 5.41) is 6.22. The maximum absolute atomic E-state index is 11.1. The van der Waals surface area contributed by atoms with Gasteiger partial charge in [-0.2, -0.15) is 0 Å². The molecule has 0 heterocycles. The number of carbonyl (C=O) groups excluding carboxylic acids is 1. The Bertz CT molecular complexity index is 608. The van der Waals surface area contributed by atoms with Gasteiger partial charge in [-0.3, -0.25) is 4.79 Å². The van der Waals surface area contributed by atoms with E-state index < -0.39 is 0 Å². The van der Waals surface area contributed by atoms with Crippen LogP contribution in [0.15, 0.2) is 48.5 Å². The second kappa shape index (κ2) is 6.79. The van der Waals surface area contributed by atoms with Gasteiger partial charge >= 0.3 is 0 Å². The monoisotopic (exact) mass is 284 g/mol. The Morgan fingerprint density at radius 3 is 2.43 bits per heavy atom. The van der Waals surface area contributed by atoms with Crippen LogP contribution in [0.25, 0.3) is 0 Å². The van der Waals surface area contributed by atoms with Crippen LogP contribution in [-0.2, 0) is 4.79 Å². The smallest absolute Gasteiger partial charge is 0.221 e. The maximum atomic E-state index is 11.1. The molecule has 2 aromatic carbocycles. The van der Waals surface area contributed by atoms with Crippen LogP contribution in [0.3, 0.4) is 0 Å². The minimum Gasteiger partial charge on any atom is -0.497 e. The van der Waals surface area contributed by atoms with E-state index in [0.29, 0.717) is 0 Å². The topological polar surface area (TPSA) is 50.4 Å². The van der Waals surface area contributed by atoms with Gasteiger partial charge in [0.2, 0.25) is 5.91 Å². The first-order valence-corrected chi connectivity index (χ1v) is 6.86. The molecule has 0 aliphatic carbocycles. The summed E-state index contributed by atoms with van der Waals surface area (Å²) in [6.07, 6.45) is 0. The highest BCUT2D eigenvalue weighted by molar-refractivity contribution is 5.88. The zero-order valence-electron chi connectivity index (χ0n) is 12.5. The molecule has 0 aromatic heterocycles. The Kier molecular flexibility index (Phi) is 4.82. The van der Waals surface area contributed by atoms with Crippen molar-refractivity contribution < 1.29 is 9.53 Å². The minimum absolute atomic E-state index is 0.0667. The van der Waals surface area contributed by atoms with E-state index in [0.717, 1.165) is 22.7 Å². The largest absolute Gasteiger partial charge is 0.497 e. The van der Waals surface area contributed by atoms with Crippen molar-refractivity contribution in [3.8, 4) is 5.75 Å². The van der Waals surface area contributed by atoms with Gasteiger partial charge in [0.05, 0.1) is 7.11 Å². The number of benzene rings is 2. The fourth-order valence-corrected chi connectivity index (χ4v) is 2.11. The normalized spacial score (nSPS) is 11.6. The van der Waals surface area contributed by atoms with Gasteiger partial charge < -0.3 is 15.4 Å². The molecule has 0 saturated carbocycles. The number of rotatable bonds is 5. The lowest BCUT2D eigenvalue weighted by Crippen LogP contribution is -2.09. The number of nitrogens with one attached hydrogen (secondary N) is 2. The van der Waals surface area contributed by atoms with Gasteiger partial charge in [-0.25, -0.2) is 0 Å². The summed E-state index contributed by atoms with van der Waals surface area (Å²) in [5.74, 6) is 0.767. The number of hydrogen-bond acceptors (Lipinski definition) is 3. The molecule has 21 heavy (non-hydrogen) atoms. The second-order valence-corrected chi connectivity index (χ2v) is 4.90. The van der Waals surface area contributed by atoms with Gasteiger partial charge in [0.25, 0.3) is 0 Å². The number of anilines is 2. The summed E-state index contributed by atoms with van der Waals surface area (Å²) in [4.78, 5) is 11.1. The molecule has 0 bridgehead atoms. The highest BCUT2D eigenvalue weighted by atomic mass is 16.5. The van der Waals surface area contributed by atoms with Gasteiger partial charge in [0.1, 0.15) is 5.75 Å². The molecule has 1 amide bonds. The number of methoxy groups -OCH3 is 1. The fraction of sp³-hybridized carbons (Fsp3) is 0.235. The summed E-state index contributed by atoms with van der Waals surface area (Å²) in [7, 11) is 1.65. The Balaban J connectivity index is 2.08. The van der Waals surface area contributed by atoms with E-state index in [1.54, 1.807) is 7.11 Å². The molecule has 2 aromatic rings. The van der Waals surface area contributed by atoms with Crippen molar-refractivity contribution in [2.75, 3.05) is 17.7 Å². The van der Waals surface area contributed by atoms with Gasteiger partial charge in [-0.1, -0.05) is 12.1 Å². The quantitative estimate of drug-likeness (QED) is 0.877. The van der Waals surface area contributed by atoms with E-state index >= 15 is 0 Å². The molecule has 4 heteroatoms. The van der Waals surface area contributed by atoms with Crippen molar-refractivity contribution >= 4 is 17.3 Å². The average molecular weight is 284 g/mol. The van der Waals surface area contributed by atoms with Gasteiger partial charge in [-0.15, -0.1) is 0 Å². The van der Waals surface area contributed by atoms with Gasteiger partial charge in [0.15, 0.2) is 0 Å². The van der Waals surface area contributed by atoms with E-state index in [9.17, 15) is 4.79 Å². The molecule has 0 fully saturated rings. The first-order valence-electron chi connectivity index (χ1n) is 6.86. The Morgan fingerprint density at radius 2 is 1.81 bits per heavy atom. The summed E-state index contributed by atoms with van der Waals surface area (Å²) in [5.41, 5.74) is 2.94. The Hall–Kier alpha value is -2.49. The van der Waals surface area contributed by atoms with Crippen molar-refractivity contribution in [1.29, 1.82) is 0 Å². The van der Waals surface area contributed by atoms with E-state index in [4.69, 9.17) is 4.74 Å². The highest BCUT2D eigenvalue weighted by Gasteiger charge is 2.06. The van der Waals surface area contributed by atoms with Crippen molar-refractivity contribution in [1.82, 2.24) is 0 Å². The van der Waals surface area contributed by atoms with Crippen LogP contribution in [0.1, 0.15) is 25.5 Å². The summed E-state index contributed by atoms with van der Waals surface area (Å²) in [6.45, 7) is 3.59. The molecular weight excluding hydrogens is 264 g/mol. The highest BCUT2D eigenvalue weighted by Crippen LogP contribution is 2.23. The SMILES string of the molecule is COc1ccc(NC(C)c2cccc(NC(C)=O)c2)cc1. The van der Waals surface area contributed by atoms with Crippen LogP contribution in [0.4, 0.5) is 11.4 Å². The molecule has 1 unspecified atom stereocenters. The first kappa shape index (κ1) is 14.9. The molecule has 2 N–H and O–H groups in total. The molecule has 0 spiro atoms. The molecule has 0 aliphatic heterocycles. The summed E-state index contributed by atoms with van der Waals surface area (Å²) >= 11 is 0. The van der Waals surface area contributed by atoms with E-state index in [1.165, 1.54) is 6.92 Å². The maximum Gasteiger partial charge on any atom is 0.221 e. The average Bonchev–Trinajstić information content (AvgIpc) is 2.47. The fourth-order valence-electron chi connectivity index (χ4n) is 2.11. The van der Waals surface area contributed by atoms with Crippen LogP contribution in [0, 0.1) is 0 Å². The van der Waals surface area contributed by atoms with E-state index in [1.807, 2.05) is 48.5 Å². The second-order valence-electron chi connectivity index (χ2n) is 4.90. The lowest BCUT2D eigenvalue weighted by molar-refractivity contribution is -0.114. The molecular formula is C17H20N2O2. The van der Waals surface area contributed by atoms with Gasteiger partial charge in [-0.05, 0) is 48.9 Å². The van der Waals surface area contributed by atoms with Crippen LogP contribution in [0.5, 0.6) is 5.75 Å². The van der Waals surface area contributed by atoms with Crippen molar-refractivity contribution in [3.63, 3.8) is 0 Å². The Morgan fingerprint density at radius 1 is 1.10 bits per heavy atom. The lowest BCUT2D eigenvalue weighted by Gasteiger charge is -2.17. The number of ether oxygens (including phenoxy) is 1. The predicted octanol–water partition coefficient (Wildman–Crippen LogP) is 3.83. The van der Waals surface area contributed by atoms with E-state index in [-0.39, 0.29) is 11.9 Å². The number of hydrogen-bond donors (Lipinski definition) is 2. The van der Waals surface area contributed by atoms with Crippen LogP contribution >= 0.6 is 0 Å². The van der Waals surface area contributed by atoms with Crippen LogP contribution < -0.4 is 15.4 Å². The Labute approximate surface area is 125 Å². The van der Waals surface area contributed by atoms with Crippen molar-refractivity contribution in [2.45, 2.75) is 19.9 Å². The minimum atomic E-state index is -0.0667. The third-order valence-corrected chi connectivity index (χ3v) is 3.18. The first-order chi connectivity index (χ1) is 10.1. The zero-order chi connectivity index (χ0) is 15.2. The molecule has 4 nitrogen and oxygen atoms in total. The van der Waals surface area contributed by atoms with Gasteiger partial charge in [0, 0.05) is 24.3 Å². The zero-order valence-corrected chi connectivity index (χ0v) is 12.5.